The van der Waals surface area contributed by atoms with Gasteiger partial charge in [-0.25, -0.2) is 0 Å². The van der Waals surface area contributed by atoms with Gasteiger partial charge in [0.1, 0.15) is 5.75 Å². The minimum atomic E-state index is 0.381. The first-order valence-electron chi connectivity index (χ1n) is 7.67. The van der Waals surface area contributed by atoms with E-state index in [0.29, 0.717) is 5.92 Å². The lowest BCUT2D eigenvalue weighted by Gasteiger charge is -2.18. The molecule has 3 aromatic rings. The first kappa shape index (κ1) is 14.7. The summed E-state index contributed by atoms with van der Waals surface area (Å²) in [7, 11) is 3.70. The molecule has 2 N–H and O–H groups in total. The number of nitrogens with one attached hydrogen (secondary N) is 2. The Balaban J connectivity index is 1.96. The third-order valence-electron chi connectivity index (χ3n) is 4.18. The number of hydrogen-bond acceptors (Lipinski definition) is 2. The summed E-state index contributed by atoms with van der Waals surface area (Å²) < 4.78 is 5.27. The molecule has 0 saturated heterocycles. The van der Waals surface area contributed by atoms with Crippen LogP contribution in [0.1, 0.15) is 23.5 Å². The maximum atomic E-state index is 5.27. The number of aromatic nitrogens is 1. The molecule has 0 aliphatic heterocycles. The molecule has 3 rings (SSSR count). The maximum absolute atomic E-state index is 5.27. The van der Waals surface area contributed by atoms with Gasteiger partial charge in [0.2, 0.25) is 0 Å². The number of rotatable bonds is 6. The van der Waals surface area contributed by atoms with Crippen molar-refractivity contribution in [1.29, 1.82) is 0 Å². The second-order valence-corrected chi connectivity index (χ2v) is 5.54. The van der Waals surface area contributed by atoms with E-state index < -0.39 is 0 Å². The monoisotopic (exact) mass is 294 g/mol. The molecule has 0 amide bonds. The topological polar surface area (TPSA) is 37.0 Å². The van der Waals surface area contributed by atoms with Crippen LogP contribution in [0.4, 0.5) is 0 Å². The van der Waals surface area contributed by atoms with Crippen molar-refractivity contribution in [1.82, 2.24) is 10.3 Å². The van der Waals surface area contributed by atoms with Crippen LogP contribution in [0, 0.1) is 0 Å². The Kier molecular flexibility index (Phi) is 4.45. The first-order valence-corrected chi connectivity index (χ1v) is 7.67. The van der Waals surface area contributed by atoms with Gasteiger partial charge in [0.15, 0.2) is 0 Å². The summed E-state index contributed by atoms with van der Waals surface area (Å²) in [6.45, 7) is 0.986. The molecular formula is C19H22N2O. The van der Waals surface area contributed by atoms with E-state index in [4.69, 9.17) is 4.74 Å². The number of methoxy groups -OCH3 is 1. The molecule has 0 radical (unpaired) electrons. The van der Waals surface area contributed by atoms with E-state index in [1.807, 2.05) is 25.4 Å². The fourth-order valence-electron chi connectivity index (χ4n) is 2.93. The van der Waals surface area contributed by atoms with Gasteiger partial charge in [-0.1, -0.05) is 24.3 Å². The van der Waals surface area contributed by atoms with Crippen molar-refractivity contribution in [3.8, 4) is 5.75 Å². The summed E-state index contributed by atoms with van der Waals surface area (Å²) in [5.41, 5.74) is 3.86. The van der Waals surface area contributed by atoms with Crippen molar-refractivity contribution < 1.29 is 4.74 Å². The first-order chi connectivity index (χ1) is 10.8. The predicted molar refractivity (Wildman–Crippen MR) is 91.7 cm³/mol. The Morgan fingerprint density at radius 3 is 2.55 bits per heavy atom. The van der Waals surface area contributed by atoms with E-state index >= 15 is 0 Å². The normalized spacial score (nSPS) is 12.5. The molecule has 2 aromatic carbocycles. The lowest BCUT2D eigenvalue weighted by molar-refractivity contribution is 0.414. The summed E-state index contributed by atoms with van der Waals surface area (Å²) in [6.07, 6.45) is 3.06. The zero-order chi connectivity index (χ0) is 15.4. The summed E-state index contributed by atoms with van der Waals surface area (Å²) in [5.74, 6) is 1.28. The van der Waals surface area contributed by atoms with Gasteiger partial charge in [-0.3, -0.25) is 0 Å². The van der Waals surface area contributed by atoms with Crippen LogP contribution in [-0.4, -0.2) is 25.7 Å². The molecule has 0 aliphatic carbocycles. The molecule has 0 bridgehead atoms. The minimum absolute atomic E-state index is 0.381. The van der Waals surface area contributed by atoms with Gasteiger partial charge in [0, 0.05) is 17.6 Å². The van der Waals surface area contributed by atoms with Crippen LogP contribution in [0.3, 0.4) is 0 Å². The lowest BCUT2D eigenvalue weighted by atomic mass is 9.88. The number of hydrogen-bond donors (Lipinski definition) is 2. The second kappa shape index (κ2) is 6.67. The Morgan fingerprint density at radius 1 is 1.05 bits per heavy atom. The third kappa shape index (κ3) is 3.00. The average Bonchev–Trinajstić information content (AvgIpc) is 3.03. The molecule has 3 nitrogen and oxygen atoms in total. The van der Waals surface area contributed by atoms with Gasteiger partial charge >= 0.3 is 0 Å². The summed E-state index contributed by atoms with van der Waals surface area (Å²) in [4.78, 5) is 3.30. The Bertz CT molecular complexity index is 731. The molecule has 1 heterocycles. The van der Waals surface area contributed by atoms with Crippen LogP contribution in [0.15, 0.2) is 54.7 Å². The number of benzene rings is 2. The molecule has 0 saturated carbocycles. The zero-order valence-corrected chi connectivity index (χ0v) is 13.1. The van der Waals surface area contributed by atoms with Crippen molar-refractivity contribution in [2.45, 2.75) is 12.3 Å². The molecule has 3 heteroatoms. The maximum Gasteiger partial charge on any atom is 0.118 e. The zero-order valence-electron chi connectivity index (χ0n) is 13.1. The van der Waals surface area contributed by atoms with Crippen molar-refractivity contribution in [2.24, 2.45) is 0 Å². The highest BCUT2D eigenvalue weighted by Gasteiger charge is 2.14. The van der Waals surface area contributed by atoms with Gasteiger partial charge in [0.25, 0.3) is 0 Å². The molecule has 114 valence electrons. The minimum Gasteiger partial charge on any atom is -0.497 e. The SMILES string of the molecule is CNCCC(c1ccc(OC)cc1)c1ccc2cc[nH]c2c1. The van der Waals surface area contributed by atoms with Crippen molar-refractivity contribution in [2.75, 3.05) is 20.7 Å². The van der Waals surface area contributed by atoms with Crippen LogP contribution < -0.4 is 10.1 Å². The largest absolute Gasteiger partial charge is 0.497 e. The van der Waals surface area contributed by atoms with Crippen LogP contribution in [-0.2, 0) is 0 Å². The lowest BCUT2D eigenvalue weighted by Crippen LogP contribution is -2.13. The van der Waals surface area contributed by atoms with Gasteiger partial charge in [-0.05, 0) is 60.8 Å². The van der Waals surface area contributed by atoms with Gasteiger partial charge in [-0.2, -0.15) is 0 Å². The highest BCUT2D eigenvalue weighted by Crippen LogP contribution is 2.30. The third-order valence-corrected chi connectivity index (χ3v) is 4.18. The number of fused-ring (bicyclic) bond motifs is 1. The van der Waals surface area contributed by atoms with Crippen molar-refractivity contribution in [3.63, 3.8) is 0 Å². The molecule has 22 heavy (non-hydrogen) atoms. The van der Waals surface area contributed by atoms with E-state index in [2.05, 4.69) is 46.7 Å². The van der Waals surface area contributed by atoms with E-state index in [1.54, 1.807) is 7.11 Å². The summed E-state index contributed by atoms with van der Waals surface area (Å²) in [5, 5.41) is 4.52. The molecule has 0 spiro atoms. The van der Waals surface area contributed by atoms with Crippen LogP contribution >= 0.6 is 0 Å². The fourth-order valence-corrected chi connectivity index (χ4v) is 2.93. The van der Waals surface area contributed by atoms with E-state index in [0.717, 1.165) is 18.7 Å². The standard InChI is InChI=1S/C19H22N2O/c1-20-11-10-18(14-5-7-17(22-2)8-6-14)16-4-3-15-9-12-21-19(15)13-16/h3-9,12-13,18,20-21H,10-11H2,1-2H3. The molecule has 1 unspecified atom stereocenters. The van der Waals surface area contributed by atoms with Gasteiger partial charge < -0.3 is 15.0 Å². The van der Waals surface area contributed by atoms with E-state index in [9.17, 15) is 0 Å². The number of H-pyrrole nitrogens is 1. The average molecular weight is 294 g/mol. The van der Waals surface area contributed by atoms with Crippen molar-refractivity contribution in [3.05, 3.63) is 65.9 Å². The van der Waals surface area contributed by atoms with Gasteiger partial charge in [-0.15, -0.1) is 0 Å². The Morgan fingerprint density at radius 2 is 1.82 bits per heavy atom. The highest BCUT2D eigenvalue weighted by molar-refractivity contribution is 5.80. The molecule has 0 aliphatic rings. The summed E-state index contributed by atoms with van der Waals surface area (Å²) in [6, 6.07) is 17.2. The molecule has 1 atom stereocenters. The van der Waals surface area contributed by atoms with E-state index in [1.165, 1.54) is 22.0 Å². The fraction of sp³-hybridized carbons (Fsp3) is 0.263. The Labute approximate surface area is 131 Å². The highest BCUT2D eigenvalue weighted by atomic mass is 16.5. The van der Waals surface area contributed by atoms with Gasteiger partial charge in [0.05, 0.1) is 7.11 Å². The van der Waals surface area contributed by atoms with Crippen LogP contribution in [0.5, 0.6) is 5.75 Å². The number of ether oxygens (including phenoxy) is 1. The molecular weight excluding hydrogens is 272 g/mol. The predicted octanol–water partition coefficient (Wildman–Crippen LogP) is 3.92. The summed E-state index contributed by atoms with van der Waals surface area (Å²) >= 11 is 0. The Hall–Kier alpha value is -2.26. The van der Waals surface area contributed by atoms with Crippen LogP contribution in [0.2, 0.25) is 0 Å². The number of aromatic amines is 1. The van der Waals surface area contributed by atoms with Crippen molar-refractivity contribution >= 4 is 10.9 Å². The quantitative estimate of drug-likeness (QED) is 0.723. The molecule has 0 fully saturated rings. The van der Waals surface area contributed by atoms with Crippen LogP contribution in [0.25, 0.3) is 10.9 Å². The molecule has 1 aromatic heterocycles. The smallest absolute Gasteiger partial charge is 0.118 e. The van der Waals surface area contributed by atoms with E-state index in [-0.39, 0.29) is 0 Å². The second-order valence-electron chi connectivity index (χ2n) is 5.54.